The lowest BCUT2D eigenvalue weighted by Gasteiger charge is -2.31. The summed E-state index contributed by atoms with van der Waals surface area (Å²) in [4.78, 5) is 2.36. The van der Waals surface area contributed by atoms with Gasteiger partial charge in [-0.2, -0.15) is 0 Å². The number of hydrogen-bond donors (Lipinski definition) is 1. The zero-order chi connectivity index (χ0) is 12.3. The highest BCUT2D eigenvalue weighted by Crippen LogP contribution is 2.33. The Hall–Kier alpha value is -0.120. The van der Waals surface area contributed by atoms with Gasteiger partial charge < -0.3 is 15.0 Å². The molecule has 0 radical (unpaired) electrons. The third kappa shape index (κ3) is 3.43. The van der Waals surface area contributed by atoms with Crippen molar-refractivity contribution in [2.24, 2.45) is 11.8 Å². The van der Waals surface area contributed by atoms with E-state index in [1.807, 2.05) is 0 Å². The minimum absolute atomic E-state index is 0.390. The van der Waals surface area contributed by atoms with Crippen LogP contribution in [-0.2, 0) is 4.74 Å². The van der Waals surface area contributed by atoms with Crippen molar-refractivity contribution in [3.63, 3.8) is 0 Å². The van der Waals surface area contributed by atoms with Gasteiger partial charge in [-0.25, -0.2) is 0 Å². The normalized spacial score (nSPS) is 39.7. The predicted octanol–water partition coefficient (Wildman–Crippen LogP) is 1.73. The van der Waals surface area contributed by atoms with Gasteiger partial charge in [0.05, 0.1) is 12.7 Å². The van der Waals surface area contributed by atoms with Crippen LogP contribution in [0.4, 0.5) is 0 Å². The molecule has 1 saturated heterocycles. The van der Waals surface area contributed by atoms with Gasteiger partial charge >= 0.3 is 0 Å². The van der Waals surface area contributed by atoms with Crippen LogP contribution in [0.2, 0.25) is 0 Å². The molecule has 2 aliphatic rings. The summed E-state index contributed by atoms with van der Waals surface area (Å²) in [6.45, 7) is 8.80. The monoisotopic (exact) mass is 240 g/mol. The fraction of sp³-hybridized carbons (Fsp3) is 1.00. The molecule has 3 nitrogen and oxygen atoms in total. The molecule has 17 heavy (non-hydrogen) atoms. The molecule has 1 aliphatic heterocycles. The highest BCUT2D eigenvalue weighted by atomic mass is 16.5. The molecule has 0 spiro atoms. The number of rotatable bonds is 4. The van der Waals surface area contributed by atoms with Crippen molar-refractivity contribution in [1.29, 1.82) is 0 Å². The maximum absolute atomic E-state index is 5.79. The first-order valence-electron chi connectivity index (χ1n) is 7.24. The average Bonchev–Trinajstić information content (AvgIpc) is 2.67. The van der Waals surface area contributed by atoms with Crippen LogP contribution in [0.15, 0.2) is 0 Å². The molecular weight excluding hydrogens is 212 g/mol. The molecule has 100 valence electrons. The van der Waals surface area contributed by atoms with E-state index in [2.05, 4.69) is 31.1 Å². The van der Waals surface area contributed by atoms with Gasteiger partial charge in [0.25, 0.3) is 0 Å². The minimum atomic E-state index is 0.390. The van der Waals surface area contributed by atoms with Crippen LogP contribution in [0.1, 0.15) is 33.1 Å². The van der Waals surface area contributed by atoms with E-state index in [4.69, 9.17) is 4.74 Å². The van der Waals surface area contributed by atoms with Gasteiger partial charge in [0.1, 0.15) is 0 Å². The molecular formula is C14H28N2O. The van der Waals surface area contributed by atoms with Crippen molar-refractivity contribution in [3.8, 4) is 0 Å². The molecule has 0 aromatic rings. The first-order chi connectivity index (χ1) is 8.20. The molecule has 4 unspecified atom stereocenters. The molecule has 2 fully saturated rings. The molecule has 0 aromatic carbocycles. The Labute approximate surface area is 106 Å². The predicted molar refractivity (Wildman–Crippen MR) is 71.2 cm³/mol. The van der Waals surface area contributed by atoms with Crippen LogP contribution < -0.4 is 5.32 Å². The number of hydrogen-bond acceptors (Lipinski definition) is 3. The van der Waals surface area contributed by atoms with Crippen LogP contribution in [0, 0.1) is 11.8 Å². The molecule has 0 aromatic heterocycles. The molecule has 2 rings (SSSR count). The van der Waals surface area contributed by atoms with E-state index in [1.54, 1.807) is 0 Å². The van der Waals surface area contributed by atoms with E-state index >= 15 is 0 Å². The lowest BCUT2D eigenvalue weighted by atomic mass is 9.93. The Bertz CT molecular complexity index is 234. The smallest absolute Gasteiger partial charge is 0.0826 e. The number of ether oxygens (including phenoxy) is 1. The lowest BCUT2D eigenvalue weighted by molar-refractivity contribution is -0.0197. The Morgan fingerprint density at radius 3 is 2.82 bits per heavy atom. The Kier molecular flexibility index (Phi) is 4.83. The van der Waals surface area contributed by atoms with Crippen molar-refractivity contribution in [2.75, 3.05) is 33.3 Å². The largest absolute Gasteiger partial charge is 0.374 e. The first kappa shape index (κ1) is 13.3. The Morgan fingerprint density at radius 1 is 1.35 bits per heavy atom. The summed E-state index contributed by atoms with van der Waals surface area (Å²) in [6, 6.07) is 0.718. The fourth-order valence-corrected chi connectivity index (χ4v) is 3.38. The van der Waals surface area contributed by atoms with Crippen molar-refractivity contribution >= 4 is 0 Å². The third-order valence-electron chi connectivity index (χ3n) is 4.70. The second-order valence-corrected chi connectivity index (χ2v) is 5.87. The summed E-state index contributed by atoms with van der Waals surface area (Å²) in [7, 11) is 2.18. The molecule has 1 saturated carbocycles. The van der Waals surface area contributed by atoms with Crippen molar-refractivity contribution in [1.82, 2.24) is 10.2 Å². The van der Waals surface area contributed by atoms with E-state index in [1.165, 1.54) is 19.3 Å². The van der Waals surface area contributed by atoms with Gasteiger partial charge in [0, 0.05) is 25.7 Å². The maximum Gasteiger partial charge on any atom is 0.0826 e. The zero-order valence-electron chi connectivity index (χ0n) is 11.6. The quantitative estimate of drug-likeness (QED) is 0.810. The van der Waals surface area contributed by atoms with Gasteiger partial charge in [0.15, 0.2) is 0 Å². The minimum Gasteiger partial charge on any atom is -0.374 e. The van der Waals surface area contributed by atoms with Crippen molar-refractivity contribution in [2.45, 2.75) is 45.3 Å². The van der Waals surface area contributed by atoms with Gasteiger partial charge in [-0.05, 0) is 31.7 Å². The summed E-state index contributed by atoms with van der Waals surface area (Å²) in [6.07, 6.45) is 4.48. The highest BCUT2D eigenvalue weighted by molar-refractivity contribution is 4.87. The van der Waals surface area contributed by atoms with E-state index in [0.29, 0.717) is 6.10 Å². The highest BCUT2D eigenvalue weighted by Gasteiger charge is 2.31. The number of morpholine rings is 1. The summed E-state index contributed by atoms with van der Waals surface area (Å²) in [5, 5.41) is 3.73. The van der Waals surface area contributed by atoms with Crippen molar-refractivity contribution in [3.05, 3.63) is 0 Å². The summed E-state index contributed by atoms with van der Waals surface area (Å²) < 4.78 is 5.79. The van der Waals surface area contributed by atoms with Crippen LogP contribution >= 0.6 is 0 Å². The number of likely N-dealkylation sites (N-methyl/N-ethyl adjacent to an activating group) is 1. The second kappa shape index (κ2) is 6.17. The van der Waals surface area contributed by atoms with Crippen molar-refractivity contribution < 1.29 is 4.74 Å². The van der Waals surface area contributed by atoms with Gasteiger partial charge in [-0.3, -0.25) is 0 Å². The Balaban J connectivity index is 1.71. The molecule has 4 atom stereocenters. The van der Waals surface area contributed by atoms with E-state index in [0.717, 1.165) is 44.1 Å². The number of nitrogens with zero attached hydrogens (tertiary/aromatic N) is 1. The lowest BCUT2D eigenvalue weighted by Crippen LogP contribution is -2.47. The SMILES string of the molecule is CCC1CCC(NCC2CN(C)CCO2)C1C. The fourth-order valence-electron chi connectivity index (χ4n) is 3.38. The van der Waals surface area contributed by atoms with Gasteiger partial charge in [0.2, 0.25) is 0 Å². The van der Waals surface area contributed by atoms with Crippen LogP contribution in [-0.4, -0.2) is 50.3 Å². The van der Waals surface area contributed by atoms with Crippen LogP contribution in [0.5, 0.6) is 0 Å². The maximum atomic E-state index is 5.79. The van der Waals surface area contributed by atoms with Crippen LogP contribution in [0.3, 0.4) is 0 Å². The molecule has 1 aliphatic carbocycles. The third-order valence-corrected chi connectivity index (χ3v) is 4.70. The standard InChI is InChI=1S/C14H28N2O/c1-4-12-5-6-14(11(12)2)15-9-13-10-16(3)7-8-17-13/h11-15H,4-10H2,1-3H3. The Morgan fingerprint density at radius 2 is 2.18 bits per heavy atom. The van der Waals surface area contributed by atoms with E-state index < -0.39 is 0 Å². The summed E-state index contributed by atoms with van der Waals surface area (Å²) >= 11 is 0. The molecule has 3 heteroatoms. The van der Waals surface area contributed by atoms with Gasteiger partial charge in [-0.15, -0.1) is 0 Å². The molecule has 0 amide bonds. The van der Waals surface area contributed by atoms with E-state index in [9.17, 15) is 0 Å². The summed E-state index contributed by atoms with van der Waals surface area (Å²) in [5.41, 5.74) is 0. The van der Waals surface area contributed by atoms with Crippen LogP contribution in [0.25, 0.3) is 0 Å². The molecule has 0 bridgehead atoms. The molecule has 1 N–H and O–H groups in total. The summed E-state index contributed by atoms with van der Waals surface area (Å²) in [5.74, 6) is 1.77. The number of nitrogens with one attached hydrogen (secondary N) is 1. The topological polar surface area (TPSA) is 24.5 Å². The first-order valence-corrected chi connectivity index (χ1v) is 7.24. The zero-order valence-corrected chi connectivity index (χ0v) is 11.6. The van der Waals surface area contributed by atoms with E-state index in [-0.39, 0.29) is 0 Å². The second-order valence-electron chi connectivity index (χ2n) is 5.87. The molecule has 1 heterocycles. The average molecular weight is 240 g/mol. The van der Waals surface area contributed by atoms with Gasteiger partial charge in [-0.1, -0.05) is 20.3 Å².